The summed E-state index contributed by atoms with van der Waals surface area (Å²) in [5, 5.41) is 2.53. The quantitative estimate of drug-likeness (QED) is 0.889. The van der Waals surface area contributed by atoms with Crippen LogP contribution in [0.5, 0.6) is 5.75 Å². The number of piperazine rings is 1. The number of nitrogens with one attached hydrogen (secondary N) is 1. The van der Waals surface area contributed by atoms with E-state index in [4.69, 9.17) is 1.37 Å². The Kier molecular flexibility index (Phi) is 5.30. The van der Waals surface area contributed by atoms with Crippen molar-refractivity contribution in [1.29, 1.82) is 0 Å². The summed E-state index contributed by atoms with van der Waals surface area (Å²) >= 11 is 0. The van der Waals surface area contributed by atoms with Crippen LogP contribution in [0.2, 0.25) is 0 Å². The van der Waals surface area contributed by atoms with Crippen LogP contribution < -0.4 is 15.0 Å². The van der Waals surface area contributed by atoms with Gasteiger partial charge in [-0.1, -0.05) is 6.07 Å². The number of anilines is 1. The van der Waals surface area contributed by atoms with E-state index in [2.05, 4.69) is 10.1 Å². The van der Waals surface area contributed by atoms with Crippen LogP contribution in [0, 0.1) is 0 Å². The van der Waals surface area contributed by atoms with E-state index in [1.54, 1.807) is 17.9 Å². The molecule has 25 heavy (non-hydrogen) atoms. The normalized spacial score (nSPS) is 16.9. The smallest absolute Gasteiger partial charge is 0.406 e. The lowest BCUT2D eigenvalue weighted by Crippen LogP contribution is -2.54. The van der Waals surface area contributed by atoms with Crippen LogP contribution in [0.1, 0.15) is 15.2 Å². The monoisotopic (exact) mass is 360 g/mol. The van der Waals surface area contributed by atoms with Crippen LogP contribution in [-0.2, 0) is 9.59 Å². The molecule has 138 valence electrons. The molecule has 0 bridgehead atoms. The molecule has 1 fully saturated rings. The zero-order valence-corrected chi connectivity index (χ0v) is 13.9. The van der Waals surface area contributed by atoms with Gasteiger partial charge in [-0.15, -0.1) is 13.2 Å². The fourth-order valence-corrected chi connectivity index (χ4v) is 2.64. The Morgan fingerprint density at radius 3 is 2.52 bits per heavy atom. The van der Waals surface area contributed by atoms with E-state index in [0.717, 1.165) is 0 Å². The van der Waals surface area contributed by atoms with E-state index in [0.29, 0.717) is 31.9 Å². The zero-order chi connectivity index (χ0) is 19.5. The molecule has 1 aliphatic heterocycles. The largest absolute Gasteiger partial charge is 0.573 e. The van der Waals surface area contributed by atoms with Crippen molar-refractivity contribution in [3.05, 3.63) is 24.2 Å². The third-order valence-corrected chi connectivity index (χ3v) is 3.73. The van der Waals surface area contributed by atoms with Gasteiger partial charge in [0, 0.05) is 44.9 Å². The minimum Gasteiger partial charge on any atom is -0.406 e. The van der Waals surface area contributed by atoms with Crippen LogP contribution >= 0.6 is 0 Å². The van der Waals surface area contributed by atoms with Gasteiger partial charge in [-0.3, -0.25) is 9.59 Å². The van der Waals surface area contributed by atoms with Gasteiger partial charge in [0.1, 0.15) is 11.8 Å². The molecule has 2 rings (SSSR count). The summed E-state index contributed by atoms with van der Waals surface area (Å²) in [5.41, 5.74) is 0.488. The van der Waals surface area contributed by atoms with Crippen LogP contribution in [0.4, 0.5) is 18.9 Å². The lowest BCUT2D eigenvalue weighted by molar-refractivity contribution is -0.274. The Morgan fingerprint density at radius 2 is 1.96 bits per heavy atom. The first-order valence-corrected chi connectivity index (χ1v) is 7.74. The predicted molar refractivity (Wildman–Crippen MR) is 85.2 cm³/mol. The molecule has 0 spiro atoms. The molecule has 1 aliphatic rings. The van der Waals surface area contributed by atoms with Crippen molar-refractivity contribution in [1.82, 2.24) is 10.2 Å². The second kappa shape index (κ2) is 7.62. The lowest BCUT2D eigenvalue weighted by Gasteiger charge is -2.37. The molecule has 2 amide bonds. The van der Waals surface area contributed by atoms with E-state index in [1.165, 1.54) is 19.1 Å². The van der Waals surface area contributed by atoms with Gasteiger partial charge in [0.15, 0.2) is 0 Å². The molecule has 1 saturated heterocycles. The maximum Gasteiger partial charge on any atom is 0.573 e. The minimum absolute atomic E-state index is 0.206. The first-order valence-electron chi connectivity index (χ1n) is 8.24. The average Bonchev–Trinajstić information content (AvgIpc) is 2.54. The third kappa shape index (κ3) is 5.54. The van der Waals surface area contributed by atoms with Crippen molar-refractivity contribution in [2.45, 2.75) is 26.3 Å². The van der Waals surface area contributed by atoms with Gasteiger partial charge in [-0.25, -0.2) is 0 Å². The number of halogens is 3. The number of nitrogens with zero attached hydrogens (tertiary/aromatic N) is 2. The van der Waals surface area contributed by atoms with Crippen molar-refractivity contribution in [2.75, 3.05) is 31.1 Å². The van der Waals surface area contributed by atoms with E-state index in [-0.39, 0.29) is 17.9 Å². The molecule has 0 aliphatic carbocycles. The summed E-state index contributed by atoms with van der Waals surface area (Å²) in [5.74, 6) is -1.06. The Labute approximate surface area is 144 Å². The van der Waals surface area contributed by atoms with Gasteiger partial charge in [0.25, 0.3) is 0 Å². The summed E-state index contributed by atoms with van der Waals surface area (Å²) in [6, 6.07) is 2.97. The van der Waals surface area contributed by atoms with Gasteiger partial charge in [-0.2, -0.15) is 0 Å². The molecule has 1 atom stereocenters. The molecule has 1 N–H and O–H groups in total. The Morgan fingerprint density at radius 1 is 1.32 bits per heavy atom. The summed E-state index contributed by atoms with van der Waals surface area (Å²) in [6.45, 7) is 4.52. The Balaban J connectivity index is 2.00. The van der Waals surface area contributed by atoms with Crippen LogP contribution in [0.3, 0.4) is 0 Å². The molecule has 1 heterocycles. The van der Waals surface area contributed by atoms with Crippen molar-refractivity contribution in [2.24, 2.45) is 0 Å². The topological polar surface area (TPSA) is 61.9 Å². The predicted octanol–water partition coefficient (Wildman–Crippen LogP) is 1.76. The zero-order valence-electron chi connectivity index (χ0n) is 14.9. The van der Waals surface area contributed by atoms with Gasteiger partial charge < -0.3 is 19.9 Å². The summed E-state index contributed by atoms with van der Waals surface area (Å²) < 4.78 is 48.6. The minimum atomic E-state index is -4.86. The maximum atomic E-state index is 12.4. The second-order valence-electron chi connectivity index (χ2n) is 5.69. The Bertz CT molecular complexity index is 676. The highest BCUT2D eigenvalue weighted by Crippen LogP contribution is 2.27. The number of hydrogen-bond acceptors (Lipinski definition) is 4. The standard InChI is InChI=1S/C16H20F3N3O3/c1-11(20-12(2)23)15(24)22-8-6-21(7-9-22)13-4-3-5-14(10-13)25-16(17,18)19/h3-5,10-11H,6-9H2,1-2H3,(H,20,23)/t11-/m0/s1/i5D. The number of alkyl halides is 3. The molecular weight excluding hydrogens is 339 g/mol. The van der Waals surface area contributed by atoms with E-state index >= 15 is 0 Å². The van der Waals surface area contributed by atoms with Gasteiger partial charge >= 0.3 is 6.36 Å². The summed E-state index contributed by atoms with van der Waals surface area (Å²) in [4.78, 5) is 26.7. The molecule has 6 nitrogen and oxygen atoms in total. The molecule has 0 saturated carbocycles. The number of carbonyl (C=O) groups excluding carboxylic acids is 2. The van der Waals surface area contributed by atoms with Gasteiger partial charge in [-0.05, 0) is 19.0 Å². The average molecular weight is 360 g/mol. The Hall–Kier alpha value is -2.45. The second-order valence-corrected chi connectivity index (χ2v) is 5.69. The van der Waals surface area contributed by atoms with Crippen LogP contribution in [0.25, 0.3) is 0 Å². The first-order chi connectivity index (χ1) is 12.1. The number of benzene rings is 1. The van der Waals surface area contributed by atoms with Crippen molar-refractivity contribution < 1.29 is 28.9 Å². The fraction of sp³-hybridized carbons (Fsp3) is 0.500. The number of ether oxygens (including phenoxy) is 1. The number of rotatable bonds is 4. The van der Waals surface area contributed by atoms with Crippen molar-refractivity contribution in [3.63, 3.8) is 0 Å². The van der Waals surface area contributed by atoms with Crippen molar-refractivity contribution >= 4 is 17.5 Å². The van der Waals surface area contributed by atoms with Gasteiger partial charge in [0.05, 0.1) is 1.37 Å². The van der Waals surface area contributed by atoms with Gasteiger partial charge in [0.2, 0.25) is 11.8 Å². The first kappa shape index (κ1) is 17.4. The highest BCUT2D eigenvalue weighted by molar-refractivity contribution is 5.86. The SMILES string of the molecule is [2H]c1ccc(N2CCN(C(=O)[C@H](C)NC(C)=O)CC2)cc1OC(F)(F)F. The number of hydrogen-bond donors (Lipinski definition) is 1. The summed E-state index contributed by atoms with van der Waals surface area (Å²) in [7, 11) is 0. The molecule has 0 radical (unpaired) electrons. The maximum absolute atomic E-state index is 12.4. The fourth-order valence-electron chi connectivity index (χ4n) is 2.64. The lowest BCUT2D eigenvalue weighted by atomic mass is 10.2. The molecular formula is C16H20F3N3O3. The van der Waals surface area contributed by atoms with E-state index in [9.17, 15) is 22.8 Å². The van der Waals surface area contributed by atoms with E-state index < -0.39 is 18.2 Å². The molecule has 0 aromatic heterocycles. The van der Waals surface area contributed by atoms with Crippen molar-refractivity contribution in [3.8, 4) is 5.75 Å². The molecule has 1 aromatic carbocycles. The molecule has 9 heteroatoms. The highest BCUT2D eigenvalue weighted by Gasteiger charge is 2.31. The molecule has 1 aromatic rings. The third-order valence-electron chi connectivity index (χ3n) is 3.73. The number of amides is 2. The van der Waals surface area contributed by atoms with Crippen LogP contribution in [-0.4, -0.2) is 55.3 Å². The van der Waals surface area contributed by atoms with Crippen LogP contribution in [0.15, 0.2) is 24.2 Å². The summed E-state index contributed by atoms with van der Waals surface area (Å²) in [6.07, 6.45) is -4.86. The van der Waals surface area contributed by atoms with E-state index in [1.807, 2.05) is 4.90 Å². The highest BCUT2D eigenvalue weighted by atomic mass is 19.4. The molecule has 0 unspecified atom stereocenters. The number of carbonyl (C=O) groups is 2.